The molecule has 2 aromatic carbocycles. The first kappa shape index (κ1) is 24.0. The van der Waals surface area contributed by atoms with Gasteiger partial charge in [-0.05, 0) is 60.4 Å². The Bertz CT molecular complexity index is 1290. The average molecular weight is 497 g/mol. The molecule has 1 aliphatic heterocycles. The molecule has 2 saturated carbocycles. The largest absolute Gasteiger partial charge is 0.459 e. The van der Waals surface area contributed by atoms with Crippen molar-refractivity contribution in [3.8, 4) is 0 Å². The fourth-order valence-electron chi connectivity index (χ4n) is 6.96. The van der Waals surface area contributed by atoms with Gasteiger partial charge in [-0.2, -0.15) is 0 Å². The van der Waals surface area contributed by atoms with Crippen LogP contribution in [0.4, 0.5) is 0 Å². The van der Waals surface area contributed by atoms with Gasteiger partial charge in [0.05, 0.1) is 4.90 Å². The Labute approximate surface area is 207 Å². The maximum atomic E-state index is 13.9. The standard InChI is InChI=1S/C27H32N2O5S/c1-25-18-29(23(30)20-10-6-5-7-11-20)27(16-21(25)13-14-26(25,27)2)24(31)34-17-19-9-8-12-22(15-19)35(32,33)28(3)4/h5-12,15,21H,13-14,16-18H2,1-4H3/t21-,25+,26+,27+/m1/s1. The quantitative estimate of drug-likeness (QED) is 0.570. The summed E-state index contributed by atoms with van der Waals surface area (Å²) >= 11 is 0. The van der Waals surface area contributed by atoms with Gasteiger partial charge in [0.1, 0.15) is 12.1 Å². The second-order valence-corrected chi connectivity index (χ2v) is 13.0. The number of ether oxygens (including phenoxy) is 1. The molecule has 0 radical (unpaired) electrons. The van der Waals surface area contributed by atoms with Gasteiger partial charge in [-0.25, -0.2) is 17.5 Å². The number of sulfonamides is 1. The summed E-state index contributed by atoms with van der Waals surface area (Å²) in [6.07, 6.45) is 2.53. The van der Waals surface area contributed by atoms with Gasteiger partial charge in [0.15, 0.2) is 0 Å². The van der Waals surface area contributed by atoms with Crippen LogP contribution >= 0.6 is 0 Å². The summed E-state index contributed by atoms with van der Waals surface area (Å²) in [6, 6.07) is 15.6. The predicted molar refractivity (Wildman–Crippen MR) is 131 cm³/mol. The molecule has 8 heteroatoms. The number of esters is 1. The Morgan fingerprint density at radius 2 is 1.80 bits per heavy atom. The van der Waals surface area contributed by atoms with E-state index < -0.39 is 21.5 Å². The molecular weight excluding hydrogens is 464 g/mol. The van der Waals surface area contributed by atoms with Crippen LogP contribution in [-0.4, -0.2) is 55.7 Å². The lowest BCUT2D eigenvalue weighted by molar-refractivity contribution is -0.163. The summed E-state index contributed by atoms with van der Waals surface area (Å²) in [5, 5.41) is 0. The molecule has 4 atom stereocenters. The summed E-state index contributed by atoms with van der Waals surface area (Å²) in [5.74, 6) is -0.165. The van der Waals surface area contributed by atoms with Crippen LogP contribution in [0.25, 0.3) is 0 Å². The highest BCUT2D eigenvalue weighted by molar-refractivity contribution is 7.89. The minimum absolute atomic E-state index is 0.0534. The number of nitrogens with zero attached hydrogens (tertiary/aromatic N) is 2. The van der Waals surface area contributed by atoms with Crippen LogP contribution < -0.4 is 0 Å². The topological polar surface area (TPSA) is 84.0 Å². The Morgan fingerprint density at radius 1 is 1.09 bits per heavy atom. The van der Waals surface area contributed by atoms with E-state index in [9.17, 15) is 18.0 Å². The minimum Gasteiger partial charge on any atom is -0.459 e. The first-order valence-electron chi connectivity index (χ1n) is 12.0. The summed E-state index contributed by atoms with van der Waals surface area (Å²) in [7, 11) is -0.642. The number of amides is 1. The van der Waals surface area contributed by atoms with Crippen LogP contribution in [0.3, 0.4) is 0 Å². The molecule has 0 aromatic heterocycles. The molecule has 2 aromatic rings. The molecule has 1 amide bonds. The zero-order chi connectivity index (χ0) is 25.2. The molecule has 35 heavy (non-hydrogen) atoms. The van der Waals surface area contributed by atoms with Crippen LogP contribution in [0, 0.1) is 16.7 Å². The molecule has 3 fully saturated rings. The third-order valence-electron chi connectivity index (χ3n) is 9.21. The van der Waals surface area contributed by atoms with E-state index >= 15 is 0 Å². The fraction of sp³-hybridized carbons (Fsp3) is 0.481. The minimum atomic E-state index is -3.60. The summed E-state index contributed by atoms with van der Waals surface area (Å²) < 4.78 is 32.1. The maximum Gasteiger partial charge on any atom is 0.333 e. The molecule has 0 unspecified atom stereocenters. The summed E-state index contributed by atoms with van der Waals surface area (Å²) in [6.45, 7) is 4.84. The van der Waals surface area contributed by atoms with Crippen molar-refractivity contribution in [2.45, 2.75) is 50.2 Å². The Hall–Kier alpha value is -2.71. The van der Waals surface area contributed by atoms with Crippen LogP contribution in [0.15, 0.2) is 59.5 Å². The van der Waals surface area contributed by atoms with Gasteiger partial charge >= 0.3 is 5.97 Å². The third-order valence-corrected chi connectivity index (χ3v) is 11.0. The van der Waals surface area contributed by atoms with E-state index in [4.69, 9.17) is 4.74 Å². The molecule has 7 nitrogen and oxygen atoms in total. The smallest absolute Gasteiger partial charge is 0.333 e. The highest BCUT2D eigenvalue weighted by Gasteiger charge is 2.81. The normalized spacial score (nSPS) is 31.2. The van der Waals surface area contributed by atoms with Crippen molar-refractivity contribution < 1.29 is 22.7 Å². The fourth-order valence-corrected chi connectivity index (χ4v) is 7.93. The lowest BCUT2D eigenvalue weighted by atomic mass is 9.65. The first-order chi connectivity index (χ1) is 16.5. The van der Waals surface area contributed by atoms with Crippen molar-refractivity contribution in [1.82, 2.24) is 9.21 Å². The molecule has 4 bridgehead atoms. The lowest BCUT2D eigenvalue weighted by Gasteiger charge is -2.46. The van der Waals surface area contributed by atoms with Crippen molar-refractivity contribution in [3.63, 3.8) is 0 Å². The molecule has 0 spiro atoms. The van der Waals surface area contributed by atoms with Gasteiger partial charge in [-0.15, -0.1) is 0 Å². The molecule has 2 aliphatic carbocycles. The van der Waals surface area contributed by atoms with E-state index in [1.54, 1.807) is 29.2 Å². The SMILES string of the molecule is CN(C)S(=O)(=O)c1cccc(COC(=O)[C@@]23C[C@H]4CC[C@@]2(C)[C@@]4(C)CN3C(=O)c2ccccc2)c1. The molecule has 1 saturated heterocycles. The van der Waals surface area contributed by atoms with Gasteiger partial charge in [-0.3, -0.25) is 4.79 Å². The van der Waals surface area contributed by atoms with Crippen LogP contribution in [-0.2, 0) is 26.2 Å². The van der Waals surface area contributed by atoms with Gasteiger partial charge < -0.3 is 9.64 Å². The second-order valence-electron chi connectivity index (χ2n) is 10.8. The highest BCUT2D eigenvalue weighted by Crippen LogP contribution is 2.76. The Kier molecular flexibility index (Phi) is 5.42. The number of carbonyl (C=O) groups excluding carboxylic acids is 2. The summed E-state index contributed by atoms with van der Waals surface area (Å²) in [4.78, 5) is 29.5. The van der Waals surface area contributed by atoms with Crippen LogP contribution in [0.5, 0.6) is 0 Å². The summed E-state index contributed by atoms with van der Waals surface area (Å²) in [5.41, 5.74) is -0.381. The number of benzene rings is 2. The average Bonchev–Trinajstić information content (AvgIpc) is 3.31. The molecule has 186 valence electrons. The molecule has 1 heterocycles. The van der Waals surface area contributed by atoms with Crippen LogP contribution in [0.1, 0.15) is 49.0 Å². The van der Waals surface area contributed by atoms with Gasteiger partial charge in [-0.1, -0.05) is 44.2 Å². The number of likely N-dealkylation sites (tertiary alicyclic amines) is 1. The zero-order valence-corrected chi connectivity index (χ0v) is 21.5. The monoisotopic (exact) mass is 496 g/mol. The number of hydrogen-bond acceptors (Lipinski definition) is 5. The second kappa shape index (κ2) is 7.90. The van der Waals surface area contributed by atoms with Crippen molar-refractivity contribution >= 4 is 21.9 Å². The lowest BCUT2D eigenvalue weighted by Crippen LogP contribution is -2.61. The van der Waals surface area contributed by atoms with Gasteiger partial charge in [0, 0.05) is 31.6 Å². The zero-order valence-electron chi connectivity index (χ0n) is 20.7. The molecule has 0 N–H and O–H groups in total. The van der Waals surface area contributed by atoms with E-state index in [2.05, 4.69) is 13.8 Å². The van der Waals surface area contributed by atoms with Crippen LogP contribution in [0.2, 0.25) is 0 Å². The number of carbonyl (C=O) groups is 2. The third kappa shape index (κ3) is 3.15. The molecule has 3 aliphatic rings. The Morgan fingerprint density at radius 3 is 2.46 bits per heavy atom. The van der Waals surface area contributed by atoms with E-state index in [0.29, 0.717) is 30.0 Å². The van der Waals surface area contributed by atoms with E-state index in [1.165, 1.54) is 26.2 Å². The van der Waals surface area contributed by atoms with E-state index in [0.717, 1.165) is 17.1 Å². The van der Waals surface area contributed by atoms with Crippen molar-refractivity contribution in [1.29, 1.82) is 0 Å². The molecule has 5 rings (SSSR count). The molecular formula is C27H32N2O5S. The number of piperidine rings is 1. The van der Waals surface area contributed by atoms with Crippen molar-refractivity contribution in [3.05, 3.63) is 65.7 Å². The highest BCUT2D eigenvalue weighted by atomic mass is 32.2. The number of hydrogen-bond donors (Lipinski definition) is 0. The Balaban J connectivity index is 1.45. The van der Waals surface area contributed by atoms with Gasteiger partial charge in [0.25, 0.3) is 5.91 Å². The van der Waals surface area contributed by atoms with Crippen molar-refractivity contribution in [2.75, 3.05) is 20.6 Å². The maximum absolute atomic E-state index is 13.9. The predicted octanol–water partition coefficient (Wildman–Crippen LogP) is 3.70. The van der Waals surface area contributed by atoms with Gasteiger partial charge in [0.2, 0.25) is 10.0 Å². The van der Waals surface area contributed by atoms with E-state index in [1.807, 2.05) is 18.2 Å². The first-order valence-corrected chi connectivity index (χ1v) is 13.5. The van der Waals surface area contributed by atoms with Crippen molar-refractivity contribution in [2.24, 2.45) is 16.7 Å². The number of rotatable bonds is 6. The van der Waals surface area contributed by atoms with E-state index in [-0.39, 0.29) is 28.2 Å².